The summed E-state index contributed by atoms with van der Waals surface area (Å²) in [5, 5.41) is 3.37. The fourth-order valence-corrected chi connectivity index (χ4v) is 4.28. The van der Waals surface area contributed by atoms with E-state index < -0.39 is 0 Å². The van der Waals surface area contributed by atoms with Crippen LogP contribution in [0.2, 0.25) is 0 Å². The van der Waals surface area contributed by atoms with Crippen molar-refractivity contribution in [2.75, 3.05) is 6.61 Å². The molecule has 1 aliphatic carbocycles. The minimum Gasteiger partial charge on any atom is -0.462 e. The van der Waals surface area contributed by atoms with E-state index in [-0.39, 0.29) is 23.1 Å². The molecule has 150 valence electrons. The summed E-state index contributed by atoms with van der Waals surface area (Å²) in [7, 11) is 0. The standard InChI is InChI=1S/C24H31NO3/c1-5-6-10-13-28-23(27)20-16(2)25-18-14-24(3,4)15-19(26)22(18)21(20)17-11-8-7-9-12-17/h7-9,11-12,21,25H,5-6,10,13-15H2,1-4H3/t21-/m0/s1. The van der Waals surface area contributed by atoms with Crippen LogP contribution >= 0.6 is 0 Å². The molecule has 1 aromatic carbocycles. The molecule has 4 nitrogen and oxygen atoms in total. The van der Waals surface area contributed by atoms with Crippen LogP contribution < -0.4 is 5.32 Å². The number of Topliss-reactive ketones (excluding diaryl/α,β-unsaturated/α-hetero) is 1. The van der Waals surface area contributed by atoms with E-state index in [1.54, 1.807) is 0 Å². The van der Waals surface area contributed by atoms with Crippen molar-refractivity contribution in [1.82, 2.24) is 5.32 Å². The maximum absolute atomic E-state index is 13.1. The van der Waals surface area contributed by atoms with E-state index in [0.29, 0.717) is 18.6 Å². The Morgan fingerprint density at radius 3 is 2.57 bits per heavy atom. The lowest BCUT2D eigenvalue weighted by Gasteiger charge is -2.39. The van der Waals surface area contributed by atoms with Crippen LogP contribution in [0.5, 0.6) is 0 Å². The van der Waals surface area contributed by atoms with Crippen LogP contribution in [-0.4, -0.2) is 18.4 Å². The SMILES string of the molecule is CCCCCOC(=O)C1=C(C)NC2=C(C(=O)CC(C)(C)C2)[C@H]1c1ccccc1. The van der Waals surface area contributed by atoms with Gasteiger partial charge in [0, 0.05) is 29.3 Å². The number of carbonyl (C=O) groups excluding carboxylic acids is 2. The number of unbranched alkanes of at least 4 members (excludes halogenated alkanes) is 2. The first kappa shape index (κ1) is 20.4. The Balaban J connectivity index is 1.99. The molecule has 3 rings (SSSR count). The summed E-state index contributed by atoms with van der Waals surface area (Å²) in [6, 6.07) is 9.84. The van der Waals surface area contributed by atoms with Gasteiger partial charge in [-0.05, 0) is 30.7 Å². The molecule has 0 saturated carbocycles. The molecular formula is C24H31NO3. The van der Waals surface area contributed by atoms with E-state index >= 15 is 0 Å². The van der Waals surface area contributed by atoms with E-state index in [9.17, 15) is 9.59 Å². The van der Waals surface area contributed by atoms with Crippen molar-refractivity contribution in [3.63, 3.8) is 0 Å². The van der Waals surface area contributed by atoms with Crippen LogP contribution in [0.25, 0.3) is 0 Å². The second-order valence-electron chi connectivity index (χ2n) is 8.68. The molecule has 28 heavy (non-hydrogen) atoms. The van der Waals surface area contributed by atoms with Gasteiger partial charge in [-0.15, -0.1) is 0 Å². The summed E-state index contributed by atoms with van der Waals surface area (Å²) in [6.07, 6.45) is 4.27. The first-order chi connectivity index (χ1) is 13.3. The fraction of sp³-hybridized carbons (Fsp3) is 0.500. The normalized spacial score (nSPS) is 21.3. The van der Waals surface area contributed by atoms with Gasteiger partial charge in [-0.3, -0.25) is 4.79 Å². The number of allylic oxidation sites excluding steroid dienone is 3. The zero-order chi connectivity index (χ0) is 20.3. The van der Waals surface area contributed by atoms with Gasteiger partial charge in [0.15, 0.2) is 5.78 Å². The van der Waals surface area contributed by atoms with Crippen LogP contribution in [0.1, 0.15) is 71.3 Å². The third-order valence-electron chi connectivity index (χ3n) is 5.57. The summed E-state index contributed by atoms with van der Waals surface area (Å²) in [5.41, 5.74) is 3.92. The summed E-state index contributed by atoms with van der Waals surface area (Å²) in [6.45, 7) is 8.68. The van der Waals surface area contributed by atoms with E-state index in [2.05, 4.69) is 26.1 Å². The predicted octanol–water partition coefficient (Wildman–Crippen LogP) is 5.02. The number of ether oxygens (including phenoxy) is 1. The Bertz CT molecular complexity index is 818. The molecule has 2 aliphatic rings. The number of ketones is 1. The number of dihydropyridines is 1. The quantitative estimate of drug-likeness (QED) is 0.555. The van der Waals surface area contributed by atoms with Gasteiger partial charge in [-0.25, -0.2) is 4.79 Å². The summed E-state index contributed by atoms with van der Waals surface area (Å²) >= 11 is 0. The number of hydrogen-bond acceptors (Lipinski definition) is 4. The number of carbonyl (C=O) groups is 2. The van der Waals surface area contributed by atoms with E-state index in [1.807, 2.05) is 37.3 Å². The van der Waals surface area contributed by atoms with Gasteiger partial charge >= 0.3 is 5.97 Å². The molecular weight excluding hydrogens is 350 g/mol. The third kappa shape index (κ3) is 4.21. The highest BCUT2D eigenvalue weighted by Crippen LogP contribution is 2.46. The van der Waals surface area contributed by atoms with Crippen molar-refractivity contribution in [3.05, 3.63) is 58.4 Å². The highest BCUT2D eigenvalue weighted by atomic mass is 16.5. The molecule has 0 radical (unpaired) electrons. The predicted molar refractivity (Wildman–Crippen MR) is 111 cm³/mol. The maximum atomic E-state index is 13.1. The molecule has 1 N–H and O–H groups in total. The van der Waals surface area contributed by atoms with Gasteiger partial charge in [-0.1, -0.05) is 63.9 Å². The highest BCUT2D eigenvalue weighted by molar-refractivity contribution is 6.04. The molecule has 0 bridgehead atoms. The molecule has 0 saturated heterocycles. The average Bonchev–Trinajstić information content (AvgIpc) is 2.63. The fourth-order valence-electron chi connectivity index (χ4n) is 4.28. The number of benzene rings is 1. The van der Waals surface area contributed by atoms with Crippen molar-refractivity contribution in [3.8, 4) is 0 Å². The van der Waals surface area contributed by atoms with Gasteiger partial charge in [0.1, 0.15) is 0 Å². The lowest BCUT2D eigenvalue weighted by molar-refractivity contribution is -0.139. The first-order valence-corrected chi connectivity index (χ1v) is 10.3. The van der Waals surface area contributed by atoms with Crippen LogP contribution in [0.15, 0.2) is 52.9 Å². The Hall–Kier alpha value is -2.36. The Kier molecular flexibility index (Phi) is 6.07. The van der Waals surface area contributed by atoms with E-state index in [0.717, 1.165) is 48.2 Å². The summed E-state index contributed by atoms with van der Waals surface area (Å²) < 4.78 is 5.59. The van der Waals surface area contributed by atoms with Crippen molar-refractivity contribution in [2.45, 2.75) is 65.7 Å². The van der Waals surface area contributed by atoms with Gasteiger partial charge < -0.3 is 10.1 Å². The Morgan fingerprint density at radius 1 is 1.18 bits per heavy atom. The molecule has 1 aromatic rings. The van der Waals surface area contributed by atoms with Crippen molar-refractivity contribution in [1.29, 1.82) is 0 Å². The summed E-state index contributed by atoms with van der Waals surface area (Å²) in [5.74, 6) is -0.560. The highest BCUT2D eigenvalue weighted by Gasteiger charge is 2.43. The van der Waals surface area contributed by atoms with E-state index in [1.165, 1.54) is 0 Å². The Labute approximate surface area is 168 Å². The minimum atomic E-state index is -0.361. The van der Waals surface area contributed by atoms with Crippen molar-refractivity contribution in [2.24, 2.45) is 5.41 Å². The largest absolute Gasteiger partial charge is 0.462 e. The number of rotatable bonds is 6. The van der Waals surface area contributed by atoms with Gasteiger partial charge in [0.25, 0.3) is 0 Å². The average molecular weight is 382 g/mol. The second-order valence-corrected chi connectivity index (χ2v) is 8.68. The van der Waals surface area contributed by atoms with Crippen LogP contribution in [0.4, 0.5) is 0 Å². The number of hydrogen-bond donors (Lipinski definition) is 1. The molecule has 0 unspecified atom stereocenters. The monoisotopic (exact) mass is 381 g/mol. The minimum absolute atomic E-state index is 0.0808. The molecule has 1 atom stereocenters. The van der Waals surface area contributed by atoms with E-state index in [4.69, 9.17) is 4.74 Å². The smallest absolute Gasteiger partial charge is 0.336 e. The molecule has 1 aliphatic heterocycles. The molecule has 1 heterocycles. The topological polar surface area (TPSA) is 55.4 Å². The molecule has 0 fully saturated rings. The summed E-state index contributed by atoms with van der Waals surface area (Å²) in [4.78, 5) is 26.1. The van der Waals surface area contributed by atoms with Crippen LogP contribution in [0.3, 0.4) is 0 Å². The van der Waals surface area contributed by atoms with Gasteiger partial charge in [0.05, 0.1) is 12.2 Å². The zero-order valence-corrected chi connectivity index (χ0v) is 17.4. The zero-order valence-electron chi connectivity index (χ0n) is 17.4. The maximum Gasteiger partial charge on any atom is 0.336 e. The molecule has 0 aromatic heterocycles. The number of nitrogens with one attached hydrogen (secondary N) is 1. The lowest BCUT2D eigenvalue weighted by Crippen LogP contribution is -2.38. The van der Waals surface area contributed by atoms with Gasteiger partial charge in [0.2, 0.25) is 0 Å². The third-order valence-corrected chi connectivity index (χ3v) is 5.57. The van der Waals surface area contributed by atoms with Crippen molar-refractivity contribution < 1.29 is 14.3 Å². The lowest BCUT2D eigenvalue weighted by atomic mass is 9.68. The first-order valence-electron chi connectivity index (χ1n) is 10.3. The van der Waals surface area contributed by atoms with Crippen molar-refractivity contribution >= 4 is 11.8 Å². The van der Waals surface area contributed by atoms with Crippen LogP contribution in [-0.2, 0) is 14.3 Å². The van der Waals surface area contributed by atoms with Crippen LogP contribution in [0, 0.1) is 5.41 Å². The molecule has 0 spiro atoms. The number of esters is 1. The Morgan fingerprint density at radius 2 is 1.89 bits per heavy atom. The van der Waals surface area contributed by atoms with Gasteiger partial charge in [-0.2, -0.15) is 0 Å². The molecule has 0 amide bonds. The second kappa shape index (κ2) is 8.34. The molecule has 4 heteroatoms.